The number of carbonyl (C=O) groups is 1. The Hall–Kier alpha value is 0.110. The van der Waals surface area contributed by atoms with Crippen LogP contribution in [-0.4, -0.2) is 29.3 Å². The third-order valence-electron chi connectivity index (χ3n) is 1.26. The van der Waals surface area contributed by atoms with E-state index in [1.807, 2.05) is 11.8 Å². The van der Waals surface area contributed by atoms with Crippen molar-refractivity contribution < 1.29 is 4.79 Å². The van der Waals surface area contributed by atoms with Crippen molar-refractivity contribution in [2.45, 2.75) is 25.6 Å². The number of carbonyl (C=O) groups excluding carboxylic acids is 1. The largest absolute Gasteiger partial charge is 0.354 e. The van der Waals surface area contributed by atoms with Gasteiger partial charge < -0.3 is 5.32 Å². The lowest BCUT2D eigenvalue weighted by atomic mass is 10.4. The van der Waals surface area contributed by atoms with Crippen molar-refractivity contribution in [1.29, 1.82) is 0 Å². The lowest BCUT2D eigenvalue weighted by Crippen LogP contribution is -2.31. The van der Waals surface area contributed by atoms with Crippen LogP contribution in [-0.2, 0) is 4.79 Å². The van der Waals surface area contributed by atoms with Crippen molar-refractivity contribution in [3.05, 3.63) is 0 Å². The first-order valence-electron chi connectivity index (χ1n) is 4.18. The Labute approximate surface area is 83.4 Å². The fourth-order valence-corrected chi connectivity index (χ4v) is 1.45. The van der Waals surface area contributed by atoms with E-state index >= 15 is 0 Å². The van der Waals surface area contributed by atoms with Crippen LogP contribution in [0.4, 0.5) is 0 Å². The van der Waals surface area contributed by atoms with Gasteiger partial charge in [0.05, 0.1) is 0 Å². The molecule has 72 valence electrons. The smallest absolute Gasteiger partial charge is 0.237 e. The van der Waals surface area contributed by atoms with Gasteiger partial charge in [0.2, 0.25) is 5.91 Å². The van der Waals surface area contributed by atoms with Crippen LogP contribution in [0, 0.1) is 0 Å². The Balaban J connectivity index is 3.14. The van der Waals surface area contributed by atoms with Crippen LogP contribution in [0.25, 0.3) is 0 Å². The average molecular weight is 210 g/mol. The molecule has 1 atom stereocenters. The Morgan fingerprint density at radius 2 is 2.25 bits per heavy atom. The molecule has 0 aromatic carbocycles. The highest BCUT2D eigenvalue weighted by Gasteiger charge is 2.06. The quantitative estimate of drug-likeness (QED) is 0.535. The molecular weight excluding hydrogens is 194 g/mol. The van der Waals surface area contributed by atoms with Crippen molar-refractivity contribution in [2.75, 3.05) is 18.1 Å². The minimum Gasteiger partial charge on any atom is -0.354 e. The van der Waals surface area contributed by atoms with Gasteiger partial charge in [-0.3, -0.25) is 4.79 Å². The highest BCUT2D eigenvalue weighted by Crippen LogP contribution is 2.00. The van der Waals surface area contributed by atoms with Crippen LogP contribution >= 0.6 is 23.4 Å². The van der Waals surface area contributed by atoms with Gasteiger partial charge in [-0.05, 0) is 19.1 Å². The maximum atomic E-state index is 10.9. The summed E-state index contributed by atoms with van der Waals surface area (Å²) in [5, 5.41) is 2.33. The number of amides is 1. The molecule has 1 N–H and O–H groups in total. The molecule has 0 radical (unpaired) electrons. The summed E-state index contributed by atoms with van der Waals surface area (Å²) in [5.74, 6) is 2.06. The van der Waals surface area contributed by atoms with Gasteiger partial charge in [0.1, 0.15) is 5.38 Å². The van der Waals surface area contributed by atoms with Crippen LogP contribution in [0.5, 0.6) is 0 Å². The van der Waals surface area contributed by atoms with Crippen molar-refractivity contribution >= 4 is 29.3 Å². The molecule has 0 heterocycles. The van der Waals surface area contributed by atoms with E-state index in [1.54, 1.807) is 6.92 Å². The fraction of sp³-hybridized carbons (Fsp3) is 0.875. The molecule has 0 aliphatic carbocycles. The number of nitrogens with one attached hydrogen (secondary N) is 1. The second-order valence-corrected chi connectivity index (χ2v) is 4.40. The number of rotatable bonds is 6. The summed E-state index contributed by atoms with van der Waals surface area (Å²) in [6, 6.07) is 0. The van der Waals surface area contributed by atoms with Crippen LogP contribution in [0.1, 0.15) is 20.3 Å². The van der Waals surface area contributed by atoms with Gasteiger partial charge in [-0.25, -0.2) is 0 Å². The van der Waals surface area contributed by atoms with Gasteiger partial charge in [-0.2, -0.15) is 11.8 Å². The lowest BCUT2D eigenvalue weighted by Gasteiger charge is -2.05. The van der Waals surface area contributed by atoms with E-state index in [9.17, 15) is 4.79 Å². The maximum Gasteiger partial charge on any atom is 0.237 e. The topological polar surface area (TPSA) is 29.1 Å². The standard InChI is InChI=1S/C8H16ClNOS/c1-3-5-12-6-4-10-8(11)7(2)9/h7H,3-6H2,1-2H3,(H,10,11). The molecule has 0 saturated heterocycles. The minimum atomic E-state index is -0.416. The van der Waals surface area contributed by atoms with E-state index in [-0.39, 0.29) is 5.91 Å². The molecule has 0 bridgehead atoms. The van der Waals surface area contributed by atoms with Gasteiger partial charge in [-0.1, -0.05) is 6.92 Å². The summed E-state index contributed by atoms with van der Waals surface area (Å²) in [4.78, 5) is 10.9. The number of thioether (sulfide) groups is 1. The predicted octanol–water partition coefficient (Wildman–Crippen LogP) is 1.87. The van der Waals surface area contributed by atoms with Crippen molar-refractivity contribution in [1.82, 2.24) is 5.32 Å². The van der Waals surface area contributed by atoms with E-state index in [0.29, 0.717) is 0 Å². The molecule has 2 nitrogen and oxygen atoms in total. The first-order valence-corrected chi connectivity index (χ1v) is 5.77. The molecular formula is C8H16ClNOS. The zero-order chi connectivity index (χ0) is 9.40. The van der Waals surface area contributed by atoms with Crippen LogP contribution in [0.15, 0.2) is 0 Å². The molecule has 0 aromatic heterocycles. The normalized spacial score (nSPS) is 12.6. The lowest BCUT2D eigenvalue weighted by molar-refractivity contribution is -0.120. The molecule has 1 amide bonds. The Morgan fingerprint density at radius 1 is 1.58 bits per heavy atom. The Morgan fingerprint density at radius 3 is 2.75 bits per heavy atom. The zero-order valence-electron chi connectivity index (χ0n) is 7.60. The number of halogens is 1. The van der Waals surface area contributed by atoms with Crippen molar-refractivity contribution in [3.8, 4) is 0 Å². The Kier molecular flexibility index (Phi) is 7.81. The first kappa shape index (κ1) is 12.1. The second-order valence-electron chi connectivity index (χ2n) is 2.52. The molecule has 0 aliphatic heterocycles. The summed E-state index contributed by atoms with van der Waals surface area (Å²) < 4.78 is 0. The SMILES string of the molecule is CCCSCCNC(=O)C(C)Cl. The summed E-state index contributed by atoms with van der Waals surface area (Å²) >= 11 is 7.40. The van der Waals surface area contributed by atoms with Gasteiger partial charge >= 0.3 is 0 Å². The molecule has 0 fully saturated rings. The van der Waals surface area contributed by atoms with Gasteiger partial charge in [0.25, 0.3) is 0 Å². The first-order chi connectivity index (χ1) is 5.68. The monoisotopic (exact) mass is 209 g/mol. The van der Waals surface area contributed by atoms with E-state index in [0.717, 1.165) is 18.1 Å². The minimum absolute atomic E-state index is 0.0752. The summed E-state index contributed by atoms with van der Waals surface area (Å²) in [5.41, 5.74) is 0. The average Bonchev–Trinajstić information content (AvgIpc) is 2.03. The highest BCUT2D eigenvalue weighted by atomic mass is 35.5. The molecule has 0 saturated carbocycles. The summed E-state index contributed by atoms with van der Waals surface area (Å²) in [7, 11) is 0. The van der Waals surface area contributed by atoms with Gasteiger partial charge in [0.15, 0.2) is 0 Å². The van der Waals surface area contributed by atoms with E-state index in [1.165, 1.54) is 6.42 Å². The molecule has 12 heavy (non-hydrogen) atoms. The molecule has 0 spiro atoms. The molecule has 1 unspecified atom stereocenters. The van der Waals surface area contributed by atoms with Crippen molar-refractivity contribution in [2.24, 2.45) is 0 Å². The zero-order valence-corrected chi connectivity index (χ0v) is 9.17. The molecule has 0 rings (SSSR count). The number of hydrogen-bond donors (Lipinski definition) is 1. The van der Waals surface area contributed by atoms with Crippen molar-refractivity contribution in [3.63, 3.8) is 0 Å². The maximum absolute atomic E-state index is 10.9. The third-order valence-corrected chi connectivity index (χ3v) is 2.64. The number of hydrogen-bond acceptors (Lipinski definition) is 2. The predicted molar refractivity (Wildman–Crippen MR) is 55.9 cm³/mol. The van der Waals surface area contributed by atoms with E-state index in [4.69, 9.17) is 11.6 Å². The highest BCUT2D eigenvalue weighted by molar-refractivity contribution is 7.99. The van der Waals surface area contributed by atoms with Crippen LogP contribution in [0.2, 0.25) is 0 Å². The van der Waals surface area contributed by atoms with Crippen LogP contribution in [0.3, 0.4) is 0 Å². The second kappa shape index (κ2) is 7.74. The molecule has 4 heteroatoms. The van der Waals surface area contributed by atoms with Gasteiger partial charge in [-0.15, -0.1) is 11.6 Å². The summed E-state index contributed by atoms with van der Waals surface area (Å²) in [6.45, 7) is 4.54. The number of alkyl halides is 1. The Bertz CT molecular complexity index is 130. The van der Waals surface area contributed by atoms with Gasteiger partial charge in [0, 0.05) is 12.3 Å². The van der Waals surface area contributed by atoms with Crippen LogP contribution < -0.4 is 5.32 Å². The molecule has 0 aliphatic rings. The fourth-order valence-electron chi connectivity index (χ4n) is 0.633. The molecule has 0 aromatic rings. The van der Waals surface area contributed by atoms with E-state index < -0.39 is 5.38 Å². The van der Waals surface area contributed by atoms with E-state index in [2.05, 4.69) is 12.2 Å². The summed E-state index contributed by atoms with van der Waals surface area (Å²) in [6.07, 6.45) is 1.19. The third kappa shape index (κ3) is 6.80.